The SMILES string of the molecule is COc1cc(C(CN)C(O)c2coc(C)c2)ccc1C. The number of hydrogen-bond donors (Lipinski definition) is 2. The van der Waals surface area contributed by atoms with Crippen LogP contribution in [0, 0.1) is 13.8 Å². The summed E-state index contributed by atoms with van der Waals surface area (Å²) in [6.45, 7) is 4.18. The van der Waals surface area contributed by atoms with Gasteiger partial charge < -0.3 is 20.0 Å². The topological polar surface area (TPSA) is 68.6 Å². The summed E-state index contributed by atoms with van der Waals surface area (Å²) >= 11 is 0. The van der Waals surface area contributed by atoms with E-state index in [2.05, 4.69) is 0 Å². The smallest absolute Gasteiger partial charge is 0.122 e. The van der Waals surface area contributed by atoms with Gasteiger partial charge in [-0.15, -0.1) is 0 Å². The van der Waals surface area contributed by atoms with Crippen molar-refractivity contribution in [3.63, 3.8) is 0 Å². The largest absolute Gasteiger partial charge is 0.496 e. The number of aliphatic hydroxyl groups excluding tert-OH is 1. The Labute approximate surface area is 119 Å². The molecule has 0 aliphatic heterocycles. The number of nitrogens with two attached hydrogens (primary N) is 1. The van der Waals surface area contributed by atoms with Crippen molar-refractivity contribution in [2.24, 2.45) is 5.73 Å². The fraction of sp³-hybridized carbons (Fsp3) is 0.375. The van der Waals surface area contributed by atoms with Gasteiger partial charge in [0.25, 0.3) is 0 Å². The van der Waals surface area contributed by atoms with Crippen LogP contribution in [0.25, 0.3) is 0 Å². The maximum absolute atomic E-state index is 10.5. The molecule has 2 unspecified atom stereocenters. The van der Waals surface area contributed by atoms with Crippen molar-refractivity contribution in [3.05, 3.63) is 53.0 Å². The zero-order valence-corrected chi connectivity index (χ0v) is 12.1. The average Bonchev–Trinajstić information content (AvgIpc) is 2.88. The summed E-state index contributed by atoms with van der Waals surface area (Å²) in [5, 5.41) is 10.5. The number of furan rings is 1. The first kappa shape index (κ1) is 14.6. The van der Waals surface area contributed by atoms with Gasteiger partial charge in [0.1, 0.15) is 11.5 Å². The summed E-state index contributed by atoms with van der Waals surface area (Å²) in [6, 6.07) is 7.72. The summed E-state index contributed by atoms with van der Waals surface area (Å²) in [6.07, 6.45) is 0.888. The molecule has 2 atom stereocenters. The molecule has 0 amide bonds. The van der Waals surface area contributed by atoms with Gasteiger partial charge in [0.15, 0.2) is 0 Å². The van der Waals surface area contributed by atoms with Crippen LogP contribution in [0.2, 0.25) is 0 Å². The Bertz CT molecular complexity index is 577. The molecule has 1 aromatic heterocycles. The number of aliphatic hydroxyl groups is 1. The number of ether oxygens (including phenoxy) is 1. The van der Waals surface area contributed by atoms with E-state index in [1.165, 1.54) is 0 Å². The number of rotatable bonds is 5. The molecule has 108 valence electrons. The maximum Gasteiger partial charge on any atom is 0.122 e. The minimum Gasteiger partial charge on any atom is -0.496 e. The molecule has 2 aromatic rings. The van der Waals surface area contributed by atoms with Gasteiger partial charge in [0.05, 0.1) is 19.5 Å². The van der Waals surface area contributed by atoms with Crippen LogP contribution in [0.15, 0.2) is 34.9 Å². The molecule has 0 aliphatic rings. The molecule has 4 nitrogen and oxygen atoms in total. The van der Waals surface area contributed by atoms with Crippen LogP contribution in [0.4, 0.5) is 0 Å². The molecule has 1 aromatic carbocycles. The molecule has 0 saturated heterocycles. The van der Waals surface area contributed by atoms with Crippen molar-refractivity contribution in [3.8, 4) is 5.75 Å². The second kappa shape index (κ2) is 6.11. The molecular formula is C16H21NO3. The van der Waals surface area contributed by atoms with E-state index in [1.807, 2.05) is 38.1 Å². The summed E-state index contributed by atoms with van der Waals surface area (Å²) in [7, 11) is 1.64. The fourth-order valence-corrected chi connectivity index (χ4v) is 2.37. The van der Waals surface area contributed by atoms with Crippen molar-refractivity contribution >= 4 is 0 Å². The van der Waals surface area contributed by atoms with E-state index in [-0.39, 0.29) is 5.92 Å². The zero-order chi connectivity index (χ0) is 14.7. The first-order chi connectivity index (χ1) is 9.56. The second-order valence-corrected chi connectivity index (χ2v) is 5.01. The van der Waals surface area contributed by atoms with Crippen LogP contribution < -0.4 is 10.5 Å². The summed E-state index contributed by atoms with van der Waals surface area (Å²) in [5.74, 6) is 1.38. The van der Waals surface area contributed by atoms with E-state index in [0.717, 1.165) is 28.2 Å². The predicted molar refractivity (Wildman–Crippen MR) is 77.9 cm³/mol. The third-order valence-electron chi connectivity index (χ3n) is 3.59. The molecule has 0 spiro atoms. The monoisotopic (exact) mass is 275 g/mol. The number of benzene rings is 1. The molecule has 0 saturated carbocycles. The molecule has 0 aliphatic carbocycles. The number of hydrogen-bond acceptors (Lipinski definition) is 4. The molecule has 3 N–H and O–H groups in total. The summed E-state index contributed by atoms with van der Waals surface area (Å²) in [4.78, 5) is 0. The minimum absolute atomic E-state index is 0.193. The first-order valence-electron chi connectivity index (χ1n) is 6.64. The van der Waals surface area contributed by atoms with Gasteiger partial charge in [-0.05, 0) is 37.1 Å². The van der Waals surface area contributed by atoms with Gasteiger partial charge in [0.2, 0.25) is 0 Å². The van der Waals surface area contributed by atoms with Crippen LogP contribution in [0.1, 0.15) is 34.5 Å². The van der Waals surface area contributed by atoms with E-state index in [9.17, 15) is 5.11 Å². The number of aryl methyl sites for hydroxylation is 2. The Morgan fingerprint density at radius 2 is 2.00 bits per heavy atom. The minimum atomic E-state index is -0.690. The van der Waals surface area contributed by atoms with Crippen LogP contribution in [0.3, 0.4) is 0 Å². The molecule has 20 heavy (non-hydrogen) atoms. The highest BCUT2D eigenvalue weighted by Gasteiger charge is 2.23. The van der Waals surface area contributed by atoms with Crippen LogP contribution in [0.5, 0.6) is 5.75 Å². The molecule has 0 bridgehead atoms. The molecule has 1 heterocycles. The van der Waals surface area contributed by atoms with Gasteiger partial charge in [-0.1, -0.05) is 12.1 Å². The fourth-order valence-electron chi connectivity index (χ4n) is 2.37. The summed E-state index contributed by atoms with van der Waals surface area (Å²) < 4.78 is 10.6. The van der Waals surface area contributed by atoms with Crippen molar-refractivity contribution < 1.29 is 14.3 Å². The second-order valence-electron chi connectivity index (χ2n) is 5.01. The van der Waals surface area contributed by atoms with Gasteiger partial charge in [-0.25, -0.2) is 0 Å². The van der Waals surface area contributed by atoms with Crippen molar-refractivity contribution in [1.82, 2.24) is 0 Å². The quantitative estimate of drug-likeness (QED) is 0.880. The third kappa shape index (κ3) is 2.86. The van der Waals surface area contributed by atoms with Crippen molar-refractivity contribution in [1.29, 1.82) is 0 Å². The molecule has 2 rings (SSSR count). The Balaban J connectivity index is 2.32. The van der Waals surface area contributed by atoms with E-state index in [0.29, 0.717) is 6.54 Å². The van der Waals surface area contributed by atoms with Crippen molar-refractivity contribution in [2.45, 2.75) is 25.9 Å². The lowest BCUT2D eigenvalue weighted by atomic mass is 9.89. The third-order valence-corrected chi connectivity index (χ3v) is 3.59. The van der Waals surface area contributed by atoms with Crippen LogP contribution >= 0.6 is 0 Å². The highest BCUT2D eigenvalue weighted by Crippen LogP contribution is 2.33. The Morgan fingerprint density at radius 1 is 1.25 bits per heavy atom. The number of methoxy groups -OCH3 is 1. The van der Waals surface area contributed by atoms with Crippen molar-refractivity contribution in [2.75, 3.05) is 13.7 Å². The molecular weight excluding hydrogens is 254 g/mol. The predicted octanol–water partition coefficient (Wildman–Crippen LogP) is 2.68. The average molecular weight is 275 g/mol. The lowest BCUT2D eigenvalue weighted by Crippen LogP contribution is -2.20. The van der Waals surface area contributed by atoms with Gasteiger partial charge in [-0.3, -0.25) is 0 Å². The zero-order valence-electron chi connectivity index (χ0n) is 12.1. The van der Waals surface area contributed by atoms with Crippen LogP contribution in [-0.2, 0) is 0 Å². The van der Waals surface area contributed by atoms with E-state index in [1.54, 1.807) is 13.4 Å². The highest BCUT2D eigenvalue weighted by molar-refractivity contribution is 5.39. The molecule has 0 radical (unpaired) electrons. The van der Waals surface area contributed by atoms with Gasteiger partial charge in [-0.2, -0.15) is 0 Å². The van der Waals surface area contributed by atoms with Crippen LogP contribution in [-0.4, -0.2) is 18.8 Å². The Kier molecular flexibility index (Phi) is 4.47. The van der Waals surface area contributed by atoms with E-state index in [4.69, 9.17) is 14.9 Å². The first-order valence-corrected chi connectivity index (χ1v) is 6.64. The lowest BCUT2D eigenvalue weighted by molar-refractivity contribution is 0.146. The van der Waals surface area contributed by atoms with E-state index >= 15 is 0 Å². The van der Waals surface area contributed by atoms with Gasteiger partial charge >= 0.3 is 0 Å². The van der Waals surface area contributed by atoms with E-state index < -0.39 is 6.10 Å². The molecule has 4 heteroatoms. The molecule has 0 fully saturated rings. The Morgan fingerprint density at radius 3 is 2.55 bits per heavy atom. The normalized spacial score (nSPS) is 14.1. The lowest BCUT2D eigenvalue weighted by Gasteiger charge is -2.22. The highest BCUT2D eigenvalue weighted by atomic mass is 16.5. The Hall–Kier alpha value is -1.78. The van der Waals surface area contributed by atoms with Gasteiger partial charge in [0, 0.05) is 18.0 Å². The maximum atomic E-state index is 10.5. The standard InChI is InChI=1S/C16H21NO3/c1-10-4-5-12(7-15(10)19-3)14(8-17)16(18)13-6-11(2)20-9-13/h4-7,9,14,16,18H,8,17H2,1-3H3. The summed E-state index contributed by atoms with van der Waals surface area (Å²) in [5.41, 5.74) is 8.61.